The summed E-state index contributed by atoms with van der Waals surface area (Å²) in [6, 6.07) is 25.2. The molecule has 0 fully saturated rings. The van der Waals surface area contributed by atoms with Gasteiger partial charge in [-0.15, -0.1) is 0 Å². The van der Waals surface area contributed by atoms with Crippen LogP contribution in [0.4, 0.5) is 0 Å². The van der Waals surface area contributed by atoms with Gasteiger partial charge in [0.25, 0.3) is 0 Å². The standard InChI is InChI=1S/C27H22INO3/c1-31-27-15-5-20(18-22(27)19-32-25-12-8-23(28)9-13-25)4-14-26(30)21-6-10-24(11-7-21)29-16-2-3-17-29/h2-18H,19H2,1H3/b14-4+. The van der Waals surface area contributed by atoms with Gasteiger partial charge in [0.1, 0.15) is 18.1 Å². The number of carbonyl (C=O) groups is 1. The first-order chi connectivity index (χ1) is 15.6. The van der Waals surface area contributed by atoms with Crippen molar-refractivity contribution in [3.63, 3.8) is 0 Å². The van der Waals surface area contributed by atoms with Crippen molar-refractivity contribution in [1.82, 2.24) is 4.57 Å². The molecule has 0 aliphatic carbocycles. The van der Waals surface area contributed by atoms with Gasteiger partial charge in [-0.05, 0) is 107 Å². The number of ether oxygens (including phenoxy) is 2. The van der Waals surface area contributed by atoms with Crippen molar-refractivity contribution in [2.45, 2.75) is 6.61 Å². The first-order valence-corrected chi connectivity index (χ1v) is 11.2. The number of aromatic nitrogens is 1. The van der Waals surface area contributed by atoms with E-state index in [0.717, 1.165) is 31.9 Å². The van der Waals surface area contributed by atoms with E-state index in [9.17, 15) is 4.79 Å². The van der Waals surface area contributed by atoms with Crippen LogP contribution < -0.4 is 9.47 Å². The van der Waals surface area contributed by atoms with Crippen LogP contribution in [0.5, 0.6) is 11.5 Å². The number of methoxy groups -OCH3 is 1. The number of allylic oxidation sites excluding steroid dienone is 1. The van der Waals surface area contributed by atoms with Crippen molar-refractivity contribution in [1.29, 1.82) is 0 Å². The van der Waals surface area contributed by atoms with E-state index in [1.807, 2.05) is 102 Å². The lowest BCUT2D eigenvalue weighted by molar-refractivity contribution is 0.104. The van der Waals surface area contributed by atoms with Crippen LogP contribution in [0.25, 0.3) is 11.8 Å². The van der Waals surface area contributed by atoms with Crippen LogP contribution in [0.1, 0.15) is 21.5 Å². The van der Waals surface area contributed by atoms with Crippen molar-refractivity contribution in [2.75, 3.05) is 7.11 Å². The van der Waals surface area contributed by atoms with E-state index in [1.165, 1.54) is 0 Å². The molecule has 0 unspecified atom stereocenters. The Morgan fingerprint density at radius 1 is 0.969 bits per heavy atom. The first-order valence-electron chi connectivity index (χ1n) is 10.1. The smallest absolute Gasteiger partial charge is 0.185 e. The van der Waals surface area contributed by atoms with Crippen LogP contribution in [0.15, 0.2) is 97.3 Å². The summed E-state index contributed by atoms with van der Waals surface area (Å²) in [6.45, 7) is 0.375. The van der Waals surface area contributed by atoms with E-state index in [-0.39, 0.29) is 5.78 Å². The molecule has 0 radical (unpaired) electrons. The molecule has 4 aromatic rings. The van der Waals surface area contributed by atoms with Crippen LogP contribution in [0.2, 0.25) is 0 Å². The molecule has 5 heteroatoms. The van der Waals surface area contributed by atoms with E-state index < -0.39 is 0 Å². The fourth-order valence-corrected chi connectivity index (χ4v) is 3.64. The zero-order valence-corrected chi connectivity index (χ0v) is 19.7. The predicted molar refractivity (Wildman–Crippen MR) is 136 cm³/mol. The van der Waals surface area contributed by atoms with Gasteiger partial charge in [0.15, 0.2) is 5.78 Å². The second-order valence-electron chi connectivity index (χ2n) is 7.15. The summed E-state index contributed by atoms with van der Waals surface area (Å²) in [6.07, 6.45) is 7.35. The second-order valence-corrected chi connectivity index (χ2v) is 8.39. The van der Waals surface area contributed by atoms with E-state index in [1.54, 1.807) is 13.2 Å². The molecule has 1 heterocycles. The summed E-state index contributed by atoms with van der Waals surface area (Å²) in [4.78, 5) is 12.6. The lowest BCUT2D eigenvalue weighted by Crippen LogP contribution is -1.99. The summed E-state index contributed by atoms with van der Waals surface area (Å²) in [5, 5.41) is 0. The average molecular weight is 535 g/mol. The Morgan fingerprint density at radius 2 is 1.69 bits per heavy atom. The van der Waals surface area contributed by atoms with Crippen LogP contribution >= 0.6 is 22.6 Å². The molecule has 0 aliphatic heterocycles. The Kier molecular flexibility index (Phi) is 7.07. The molecule has 0 spiro atoms. The largest absolute Gasteiger partial charge is 0.496 e. The van der Waals surface area contributed by atoms with Crippen molar-refractivity contribution < 1.29 is 14.3 Å². The summed E-state index contributed by atoms with van der Waals surface area (Å²) in [5.74, 6) is 1.50. The molecule has 4 rings (SSSR count). The number of carbonyl (C=O) groups excluding carboxylic acids is 1. The minimum Gasteiger partial charge on any atom is -0.496 e. The third-order valence-corrected chi connectivity index (χ3v) is 5.71. The van der Waals surface area contributed by atoms with Gasteiger partial charge in [0, 0.05) is 32.8 Å². The molecule has 0 amide bonds. The molecular weight excluding hydrogens is 513 g/mol. The van der Waals surface area contributed by atoms with E-state index in [4.69, 9.17) is 9.47 Å². The Bertz CT molecular complexity index is 1210. The van der Waals surface area contributed by atoms with Crippen molar-refractivity contribution in [3.8, 4) is 17.2 Å². The van der Waals surface area contributed by atoms with Crippen LogP contribution in [-0.4, -0.2) is 17.5 Å². The predicted octanol–water partition coefficient (Wildman–Crippen LogP) is 6.57. The fraction of sp³-hybridized carbons (Fsp3) is 0.0741. The minimum atomic E-state index is -0.0448. The topological polar surface area (TPSA) is 40.5 Å². The minimum absolute atomic E-state index is 0.0448. The zero-order chi connectivity index (χ0) is 22.3. The second kappa shape index (κ2) is 10.3. The third-order valence-electron chi connectivity index (χ3n) is 4.99. The van der Waals surface area contributed by atoms with Crippen LogP contribution in [0, 0.1) is 3.57 Å². The highest BCUT2D eigenvalue weighted by atomic mass is 127. The van der Waals surface area contributed by atoms with Crippen LogP contribution in [0.3, 0.4) is 0 Å². The van der Waals surface area contributed by atoms with Crippen molar-refractivity contribution >= 4 is 34.5 Å². The molecule has 0 saturated carbocycles. The van der Waals surface area contributed by atoms with E-state index in [0.29, 0.717) is 12.2 Å². The molecule has 0 aliphatic rings. The van der Waals surface area contributed by atoms with Gasteiger partial charge < -0.3 is 14.0 Å². The van der Waals surface area contributed by atoms with Crippen molar-refractivity contribution in [3.05, 3.63) is 118 Å². The summed E-state index contributed by atoms with van der Waals surface area (Å²) in [7, 11) is 1.64. The van der Waals surface area contributed by atoms with Gasteiger partial charge in [-0.3, -0.25) is 4.79 Å². The van der Waals surface area contributed by atoms with Crippen LogP contribution in [-0.2, 0) is 6.61 Å². The lowest BCUT2D eigenvalue weighted by atomic mass is 10.1. The summed E-state index contributed by atoms with van der Waals surface area (Å²) >= 11 is 2.26. The fourth-order valence-electron chi connectivity index (χ4n) is 3.28. The molecule has 0 bridgehead atoms. The number of hydrogen-bond donors (Lipinski definition) is 0. The van der Waals surface area contributed by atoms with Crippen molar-refractivity contribution in [2.24, 2.45) is 0 Å². The Labute approximate surface area is 201 Å². The number of hydrogen-bond acceptors (Lipinski definition) is 3. The van der Waals surface area contributed by atoms with Gasteiger partial charge in [0.05, 0.1) is 7.11 Å². The summed E-state index contributed by atoms with van der Waals surface area (Å²) in [5.41, 5.74) is 3.48. The molecule has 4 nitrogen and oxygen atoms in total. The van der Waals surface area contributed by atoms with Gasteiger partial charge in [-0.1, -0.05) is 12.1 Å². The molecule has 160 valence electrons. The van der Waals surface area contributed by atoms with E-state index in [2.05, 4.69) is 22.6 Å². The van der Waals surface area contributed by atoms with Gasteiger partial charge in [-0.2, -0.15) is 0 Å². The molecule has 0 saturated heterocycles. The Balaban J connectivity index is 1.45. The normalized spacial score (nSPS) is 10.9. The molecule has 3 aromatic carbocycles. The highest BCUT2D eigenvalue weighted by molar-refractivity contribution is 14.1. The molecule has 0 N–H and O–H groups in total. The molecular formula is C27H22INO3. The highest BCUT2D eigenvalue weighted by Gasteiger charge is 2.07. The maximum absolute atomic E-state index is 12.6. The first kappa shape index (κ1) is 21.9. The highest BCUT2D eigenvalue weighted by Crippen LogP contribution is 2.23. The monoisotopic (exact) mass is 535 g/mol. The zero-order valence-electron chi connectivity index (χ0n) is 17.6. The number of nitrogens with zero attached hydrogens (tertiary/aromatic N) is 1. The van der Waals surface area contributed by atoms with Gasteiger partial charge in [-0.25, -0.2) is 0 Å². The Hall–Kier alpha value is -3.32. The number of benzene rings is 3. The SMILES string of the molecule is COc1ccc(/C=C/C(=O)c2ccc(-n3cccc3)cc2)cc1COc1ccc(I)cc1. The molecule has 0 atom stereocenters. The Morgan fingerprint density at radius 3 is 2.38 bits per heavy atom. The maximum atomic E-state index is 12.6. The number of halogens is 1. The average Bonchev–Trinajstić information content (AvgIpc) is 3.37. The summed E-state index contributed by atoms with van der Waals surface area (Å²) < 4.78 is 14.5. The quantitative estimate of drug-likeness (QED) is 0.146. The van der Waals surface area contributed by atoms with E-state index >= 15 is 0 Å². The lowest BCUT2D eigenvalue weighted by Gasteiger charge is -2.11. The number of rotatable bonds is 8. The van der Waals surface area contributed by atoms with Gasteiger partial charge >= 0.3 is 0 Å². The van der Waals surface area contributed by atoms with Gasteiger partial charge in [0.2, 0.25) is 0 Å². The maximum Gasteiger partial charge on any atom is 0.185 e. The number of ketones is 1. The third kappa shape index (κ3) is 5.48. The molecule has 1 aromatic heterocycles. The molecule has 32 heavy (non-hydrogen) atoms.